The van der Waals surface area contributed by atoms with Gasteiger partial charge >= 0.3 is 12.1 Å². The van der Waals surface area contributed by atoms with Gasteiger partial charge in [0.2, 0.25) is 5.89 Å². The molecule has 11 heteroatoms. The largest absolute Gasteiger partial charge is 0.487 e. The van der Waals surface area contributed by atoms with Crippen molar-refractivity contribution in [1.82, 2.24) is 10.0 Å². The van der Waals surface area contributed by atoms with Crippen LogP contribution in [0.3, 0.4) is 0 Å². The molecular formula is C21H20F3N3O5. The Balaban J connectivity index is 1.61. The minimum Gasteiger partial charge on any atom is -0.487 e. The first-order chi connectivity index (χ1) is 15.2. The summed E-state index contributed by atoms with van der Waals surface area (Å²) in [6.45, 7) is -0.174. The van der Waals surface area contributed by atoms with Gasteiger partial charge in [0, 0.05) is 5.56 Å². The van der Waals surface area contributed by atoms with Gasteiger partial charge in [-0.1, -0.05) is 12.1 Å². The van der Waals surface area contributed by atoms with Gasteiger partial charge in [-0.05, 0) is 48.9 Å². The van der Waals surface area contributed by atoms with Crippen LogP contribution >= 0.6 is 0 Å². The van der Waals surface area contributed by atoms with Crippen molar-refractivity contribution in [2.75, 3.05) is 6.67 Å². The van der Waals surface area contributed by atoms with Gasteiger partial charge < -0.3 is 19.6 Å². The number of ether oxygens (including phenoxy) is 2. The highest BCUT2D eigenvalue weighted by Crippen LogP contribution is 2.27. The number of urea groups is 1. The third kappa shape index (κ3) is 5.91. The number of halogens is 3. The van der Waals surface area contributed by atoms with Crippen molar-refractivity contribution in [3.63, 3.8) is 0 Å². The Morgan fingerprint density at radius 3 is 2.38 bits per heavy atom. The third-order valence-electron chi connectivity index (χ3n) is 4.30. The van der Waals surface area contributed by atoms with E-state index in [9.17, 15) is 23.2 Å². The van der Waals surface area contributed by atoms with Gasteiger partial charge in [-0.3, -0.25) is 5.21 Å². The van der Waals surface area contributed by atoms with Crippen molar-refractivity contribution in [1.29, 1.82) is 0 Å². The Morgan fingerprint density at radius 2 is 1.78 bits per heavy atom. The summed E-state index contributed by atoms with van der Waals surface area (Å²) in [5.74, 6) is 1.11. The number of benzene rings is 2. The Bertz CT molecular complexity index is 1060. The van der Waals surface area contributed by atoms with Crippen molar-refractivity contribution in [3.8, 4) is 23.0 Å². The van der Waals surface area contributed by atoms with E-state index in [1.165, 1.54) is 24.3 Å². The van der Waals surface area contributed by atoms with Crippen LogP contribution in [-0.4, -0.2) is 34.1 Å². The fourth-order valence-corrected chi connectivity index (χ4v) is 2.64. The first-order valence-electron chi connectivity index (χ1n) is 9.34. The molecule has 0 fully saturated rings. The van der Waals surface area contributed by atoms with Gasteiger partial charge in [-0.15, -0.1) is 0 Å². The summed E-state index contributed by atoms with van der Waals surface area (Å²) >= 11 is 0. The number of aryl methyl sites for hydroxylation is 1. The van der Waals surface area contributed by atoms with Crippen LogP contribution in [-0.2, 0) is 13.2 Å². The van der Waals surface area contributed by atoms with Crippen molar-refractivity contribution < 1.29 is 37.1 Å². The third-order valence-corrected chi connectivity index (χ3v) is 4.30. The number of hydroxylamine groups is 2. The Kier molecular flexibility index (Phi) is 6.89. The number of carbonyl (C=O) groups excluding carboxylic acids is 1. The van der Waals surface area contributed by atoms with Crippen molar-refractivity contribution in [2.24, 2.45) is 5.73 Å². The standard InChI is InChI=1S/C21H20F3N3O5/c1-13-18(11-30-16-6-2-14(3-7-16)10-27(29)20(25)28)26-19(31-13)15-4-8-17(9-5-15)32-21(23,24)12-22/h2-9,29H,10-12H2,1H3,(H2,25,28). The second-order valence-corrected chi connectivity index (χ2v) is 6.75. The molecule has 0 saturated carbocycles. The highest BCUT2D eigenvalue weighted by Gasteiger charge is 2.31. The van der Waals surface area contributed by atoms with Crippen LogP contribution in [0.2, 0.25) is 0 Å². The zero-order chi connectivity index (χ0) is 23.3. The van der Waals surface area contributed by atoms with Crippen LogP contribution in [0, 0.1) is 6.92 Å². The molecule has 2 aromatic carbocycles. The lowest BCUT2D eigenvalue weighted by molar-refractivity contribution is -0.186. The number of alkyl halides is 3. The molecule has 0 bridgehead atoms. The molecule has 170 valence electrons. The van der Waals surface area contributed by atoms with Crippen LogP contribution in [0.25, 0.3) is 11.5 Å². The molecule has 3 aromatic rings. The monoisotopic (exact) mass is 451 g/mol. The van der Waals surface area contributed by atoms with Crippen LogP contribution in [0.4, 0.5) is 18.0 Å². The second-order valence-electron chi connectivity index (χ2n) is 6.75. The van der Waals surface area contributed by atoms with E-state index in [1.807, 2.05) is 0 Å². The molecule has 1 heterocycles. The Hall–Kier alpha value is -3.73. The molecule has 2 amide bonds. The molecule has 3 N–H and O–H groups in total. The van der Waals surface area contributed by atoms with Crippen LogP contribution < -0.4 is 15.2 Å². The summed E-state index contributed by atoms with van der Waals surface area (Å²) < 4.78 is 53.7. The second kappa shape index (κ2) is 9.60. The van der Waals surface area contributed by atoms with Gasteiger partial charge in [0.05, 0.1) is 6.54 Å². The summed E-state index contributed by atoms with van der Waals surface area (Å²) in [6.07, 6.45) is -3.89. The number of aromatic nitrogens is 1. The zero-order valence-electron chi connectivity index (χ0n) is 16.9. The molecule has 0 radical (unpaired) electrons. The summed E-state index contributed by atoms with van der Waals surface area (Å²) in [7, 11) is 0. The van der Waals surface area contributed by atoms with E-state index in [0.29, 0.717) is 33.4 Å². The van der Waals surface area contributed by atoms with Gasteiger partial charge in [-0.2, -0.15) is 8.78 Å². The fraction of sp³-hybridized carbons (Fsp3) is 0.238. The maximum Gasteiger partial charge on any atom is 0.427 e. The lowest BCUT2D eigenvalue weighted by Crippen LogP contribution is -2.31. The number of nitrogens with two attached hydrogens (primary N) is 1. The predicted molar refractivity (Wildman–Crippen MR) is 106 cm³/mol. The summed E-state index contributed by atoms with van der Waals surface area (Å²) in [5, 5.41) is 9.75. The summed E-state index contributed by atoms with van der Waals surface area (Å²) in [6, 6.07) is 11.2. The topological polar surface area (TPSA) is 111 Å². The Labute approximate surface area is 180 Å². The molecule has 0 aliphatic carbocycles. The molecule has 0 unspecified atom stereocenters. The highest BCUT2D eigenvalue weighted by molar-refractivity contribution is 5.70. The SMILES string of the molecule is Cc1oc(-c2ccc(OC(F)(F)CF)cc2)nc1COc1ccc(CN(O)C(N)=O)cc1. The molecule has 0 aliphatic rings. The first-order valence-corrected chi connectivity index (χ1v) is 9.34. The number of carbonyl (C=O) groups is 1. The number of rotatable bonds is 9. The quantitative estimate of drug-likeness (QED) is 0.368. The van der Waals surface area contributed by atoms with E-state index >= 15 is 0 Å². The Morgan fingerprint density at radius 1 is 1.16 bits per heavy atom. The van der Waals surface area contributed by atoms with Crippen molar-refractivity contribution >= 4 is 6.03 Å². The van der Waals surface area contributed by atoms with E-state index < -0.39 is 18.8 Å². The smallest absolute Gasteiger partial charge is 0.427 e. The lowest BCUT2D eigenvalue weighted by Gasteiger charge is -2.14. The van der Waals surface area contributed by atoms with Crippen LogP contribution in [0.1, 0.15) is 17.0 Å². The van der Waals surface area contributed by atoms with Gasteiger partial charge in [-0.25, -0.2) is 19.2 Å². The van der Waals surface area contributed by atoms with Crippen molar-refractivity contribution in [2.45, 2.75) is 26.2 Å². The predicted octanol–water partition coefficient (Wildman–Crippen LogP) is 4.44. The number of hydrogen-bond donors (Lipinski definition) is 2. The molecule has 0 aliphatic heterocycles. The molecule has 0 spiro atoms. The van der Waals surface area contributed by atoms with E-state index in [0.717, 1.165) is 0 Å². The lowest BCUT2D eigenvalue weighted by atomic mass is 10.2. The molecule has 3 rings (SSSR count). The zero-order valence-corrected chi connectivity index (χ0v) is 16.9. The molecule has 32 heavy (non-hydrogen) atoms. The van der Waals surface area contributed by atoms with Gasteiger partial charge in [0.1, 0.15) is 29.6 Å². The molecule has 1 aromatic heterocycles. The first kappa shape index (κ1) is 22.9. The summed E-state index contributed by atoms with van der Waals surface area (Å²) in [5.41, 5.74) is 6.66. The van der Waals surface area contributed by atoms with E-state index in [-0.39, 0.29) is 24.8 Å². The number of primary amides is 1. The molecule has 8 nitrogen and oxygen atoms in total. The molecular weight excluding hydrogens is 431 g/mol. The normalized spacial score (nSPS) is 11.3. The molecule has 0 saturated heterocycles. The number of amides is 2. The van der Waals surface area contributed by atoms with Gasteiger partial charge in [0.15, 0.2) is 6.67 Å². The van der Waals surface area contributed by atoms with Gasteiger partial charge in [0.25, 0.3) is 0 Å². The van der Waals surface area contributed by atoms with Crippen LogP contribution in [0.15, 0.2) is 52.9 Å². The average Bonchev–Trinajstić information content (AvgIpc) is 3.14. The van der Waals surface area contributed by atoms with Crippen LogP contribution in [0.5, 0.6) is 11.5 Å². The highest BCUT2D eigenvalue weighted by atomic mass is 19.3. The number of oxazole rings is 1. The van der Waals surface area contributed by atoms with Crippen molar-refractivity contribution in [3.05, 3.63) is 65.5 Å². The summed E-state index contributed by atoms with van der Waals surface area (Å²) in [4.78, 5) is 15.2. The minimum absolute atomic E-state index is 0.0589. The molecule has 0 atom stereocenters. The van der Waals surface area contributed by atoms with E-state index in [1.54, 1.807) is 31.2 Å². The fourth-order valence-electron chi connectivity index (χ4n) is 2.64. The average molecular weight is 451 g/mol. The maximum atomic E-state index is 13.0. The number of nitrogens with zero attached hydrogens (tertiary/aromatic N) is 2. The number of hydrogen-bond acceptors (Lipinski definition) is 6. The van der Waals surface area contributed by atoms with E-state index in [2.05, 4.69) is 9.72 Å². The maximum absolute atomic E-state index is 13.0. The minimum atomic E-state index is -3.89. The van der Waals surface area contributed by atoms with E-state index in [4.69, 9.17) is 14.9 Å².